The van der Waals surface area contributed by atoms with Gasteiger partial charge in [0.25, 0.3) is 0 Å². The van der Waals surface area contributed by atoms with Crippen LogP contribution in [0.25, 0.3) is 91.1 Å². The number of aromatic nitrogens is 32. The van der Waals surface area contributed by atoms with E-state index in [0.717, 1.165) is 157 Å². The molecule has 16 aromatic heterocycles. The van der Waals surface area contributed by atoms with Gasteiger partial charge < -0.3 is 86.3 Å². The predicted octanol–water partition coefficient (Wildman–Crippen LogP) is 18.3. The minimum Gasteiger partial charge on any atom is -0.574 e. The topological polar surface area (TPSA) is 431 Å². The first kappa shape index (κ1) is 114. The molecule has 16 heterocycles. The maximum Gasteiger partial charge on any atom is 2.00 e. The molecule has 0 aliphatic heterocycles. The molecule has 43 heteroatoms. The second kappa shape index (κ2) is 45.0. The molecule has 33 nitrogen and oxygen atoms in total. The van der Waals surface area contributed by atoms with Crippen molar-refractivity contribution in [1.29, 1.82) is 0 Å². The number of rotatable bonds is 9. The van der Waals surface area contributed by atoms with Crippen molar-refractivity contribution in [3.63, 3.8) is 0 Å². The summed E-state index contributed by atoms with van der Waals surface area (Å²) in [6.07, 6.45) is 13.9. The van der Waals surface area contributed by atoms with E-state index in [-0.39, 0.29) is 139 Å². The summed E-state index contributed by atoms with van der Waals surface area (Å²) >= 11 is 0. The zero-order valence-corrected chi connectivity index (χ0v) is 94.1. The molecule has 6 aliphatic rings. The molecule has 0 radical (unpaired) electrons. The number of hydrogen-bond donors (Lipinski definition) is 0. The number of alkyl halides is 6. The van der Waals surface area contributed by atoms with E-state index in [1.54, 1.807) is 51.5 Å². The van der Waals surface area contributed by atoms with Crippen molar-refractivity contribution in [3.8, 4) is 97.0 Å². The fraction of sp³-hybridized carbons (Fsp3) is 0.451. The van der Waals surface area contributed by atoms with Crippen LogP contribution in [-0.4, -0.2) is 128 Å². The summed E-state index contributed by atoms with van der Waals surface area (Å²) in [5, 5.41) is 67.0. The largest absolute Gasteiger partial charge is 2.00 e. The molecule has 0 N–H and O–H groups in total. The van der Waals surface area contributed by atoms with E-state index in [1.165, 1.54) is 97.7 Å². The van der Waals surface area contributed by atoms with Crippen LogP contribution in [0.3, 0.4) is 0 Å². The number of aryl methyl sites for hydroxylation is 7. The third-order valence-electron chi connectivity index (χ3n) is 27.8. The van der Waals surface area contributed by atoms with Crippen LogP contribution in [0.1, 0.15) is 282 Å². The molecular weight excluding hydrogens is 2580 g/mol. The van der Waals surface area contributed by atoms with Gasteiger partial charge in [0.2, 0.25) is 5.88 Å². The summed E-state index contributed by atoms with van der Waals surface area (Å²) in [7, 11) is 1.61. The SMILES string of the molecule is CC(C)(C)c1cc(-c2cc(C(F)(F)F)ncn2)[n-]n1.COc1cc(-c2[n-]nc3c2C2CCC3(C)C2(C)C)ncn1.Cc1cc(-c2[n-]nc3c2C2CCC3(C)C2(C)C)ncn1.Cc1cc(-c2[n-]nc3c2CCCC3(C)C)ncn1.Cc1cc(-c2[n-]nc3c2CCCC3(C)C)ncn1.Cc1cc(-c2cc(C(C)(C)C)n[n-]2)ncn1.Cc1cc(-c2cc(C(F)(F)F)ncn2)[n-]n1.Cc1cc(-c2cc(C)n[n-]2)ncn1.[Pt+2].[Pt+2].[Pt+2].[Pt+2]. The molecule has 4 atom stereocenters. The van der Waals surface area contributed by atoms with Gasteiger partial charge in [-0.25, -0.2) is 79.7 Å². The van der Waals surface area contributed by atoms with Crippen LogP contribution in [0.5, 0.6) is 5.88 Å². The van der Waals surface area contributed by atoms with E-state index in [0.29, 0.717) is 40.5 Å². The van der Waals surface area contributed by atoms with Gasteiger partial charge in [0.1, 0.15) is 62.0 Å². The van der Waals surface area contributed by atoms with Gasteiger partial charge in [-0.05, 0) is 200 Å². The first-order chi connectivity index (χ1) is 66.5. The Balaban J connectivity index is 0.000000158. The van der Waals surface area contributed by atoms with Crippen LogP contribution < -0.4 is 45.5 Å². The molecule has 6 aliphatic carbocycles. The molecule has 2 fully saturated rings. The molecule has 4 unspecified atom stereocenters. The fourth-order valence-corrected chi connectivity index (χ4v) is 19.1. The molecule has 0 saturated heterocycles. The number of hydrogen-bond acceptors (Lipinski definition) is 25. The van der Waals surface area contributed by atoms with Gasteiger partial charge in [-0.3, -0.25) is 0 Å². The van der Waals surface area contributed by atoms with Crippen molar-refractivity contribution in [2.75, 3.05) is 7.11 Å². The quantitative estimate of drug-likeness (QED) is 0.121. The van der Waals surface area contributed by atoms with Gasteiger partial charge in [0, 0.05) is 113 Å². The Kier molecular flexibility index (Phi) is 35.3. The Labute approximate surface area is 895 Å². The second-order valence-electron chi connectivity index (χ2n) is 41.4. The maximum atomic E-state index is 12.6. The molecule has 0 aromatic carbocycles. The first-order valence-electron chi connectivity index (χ1n) is 46.7. The van der Waals surface area contributed by atoms with Crippen LogP contribution in [-0.2, 0) is 142 Å². The van der Waals surface area contributed by atoms with E-state index in [1.807, 2.05) is 111 Å². The van der Waals surface area contributed by atoms with Crippen LogP contribution >= 0.6 is 0 Å². The molecule has 0 spiro atoms. The summed E-state index contributed by atoms with van der Waals surface area (Å²) in [4.78, 5) is 64.2. The van der Waals surface area contributed by atoms with Gasteiger partial charge in [0.15, 0.2) is 0 Å². The van der Waals surface area contributed by atoms with E-state index in [2.05, 4.69) is 251 Å². The van der Waals surface area contributed by atoms with Crippen LogP contribution in [0.15, 0.2) is 123 Å². The summed E-state index contributed by atoms with van der Waals surface area (Å²) in [5.41, 5.74) is 28.3. The van der Waals surface area contributed by atoms with Gasteiger partial charge in [-0.15, -0.1) is 0 Å². The second-order valence-corrected chi connectivity index (χ2v) is 41.4. The Morgan fingerprint density at radius 3 is 0.883 bits per heavy atom. The zero-order valence-electron chi connectivity index (χ0n) is 85.0. The molecule has 4 bridgehead atoms. The standard InChI is InChI=1S/C16H19N4O.C16H19N4.2C14H17N4.C12H12F3N4.C12H15N4.C9H6F3N4.C9H9N4.4Pt/c1-15(2)9-5-6-16(15,3)14-12(9)13(19-20-14)10-7-11(21-4)18-8-17-10;1-9-7-11(18-8-17-9)13-12-10-5-6-16(4,15(10,2)3)14(12)20-19-13;2*1-9-7-11(16-8-15-9)12-10-5-4-6-14(2,3)13(10)18-17-12;1-11(2,3)9-5-8(18-19-9)7-4-10(12(13,14)15)17-6-16-7;1-8-5-9(14-7-13-8)10-6-11(16-15-10)12(2,3)4;1-5-2-7(16-15-5)6-3-8(9(10,11)12)14-4-13-6;1-6-3-8(11-5-10-6)9-4-7(2)12-13-9;;;;/h7-9H,5-6H2,1-4H3;7-8,10H,5-6H2,1-4H3;2*7-8H,4-6H2,1-3H3;4-6H,1-3H3;5-7H,1-4H3;2-4H,1H3;3-5H,1-2H3;;;;/q8*-1;4*+2. The van der Waals surface area contributed by atoms with Gasteiger partial charge >= 0.3 is 96.6 Å². The van der Waals surface area contributed by atoms with Gasteiger partial charge in [0.05, 0.1) is 52.7 Å². The van der Waals surface area contributed by atoms with E-state index in [4.69, 9.17) is 4.74 Å². The molecule has 145 heavy (non-hydrogen) atoms. The molecule has 0 amide bonds. The summed E-state index contributed by atoms with van der Waals surface area (Å²) in [5.74, 6) is 1.64. The van der Waals surface area contributed by atoms with Crippen molar-refractivity contribution < 1.29 is 115 Å². The predicted molar refractivity (Wildman–Crippen MR) is 514 cm³/mol. The van der Waals surface area contributed by atoms with E-state index < -0.39 is 23.7 Å². The average molecular weight is 2700 g/mol. The third kappa shape index (κ3) is 24.6. The van der Waals surface area contributed by atoms with E-state index >= 15 is 0 Å². The van der Waals surface area contributed by atoms with Crippen molar-refractivity contribution >= 4 is 0 Å². The smallest absolute Gasteiger partial charge is 0.574 e. The third-order valence-corrected chi connectivity index (χ3v) is 27.8. The van der Waals surface area contributed by atoms with Crippen LogP contribution in [0, 0.1) is 59.3 Å². The molecule has 16 aromatic rings. The maximum absolute atomic E-state index is 12.6. The first-order valence-corrected chi connectivity index (χ1v) is 46.7. The normalized spacial score (nSPS) is 17.8. The summed E-state index contributed by atoms with van der Waals surface area (Å²) < 4.78 is 79.9. The van der Waals surface area contributed by atoms with Crippen LogP contribution in [0.4, 0.5) is 26.3 Å². The monoisotopic (exact) mass is 2700 g/mol. The number of fused-ring (bicyclic) bond motifs is 12. The minimum atomic E-state index is -4.50. The Morgan fingerprint density at radius 1 is 0.290 bits per heavy atom. The van der Waals surface area contributed by atoms with Crippen LogP contribution in [0.2, 0.25) is 0 Å². The van der Waals surface area contributed by atoms with Crippen molar-refractivity contribution in [2.45, 2.75) is 280 Å². The Hall–Kier alpha value is -11.5. The van der Waals surface area contributed by atoms with Gasteiger partial charge in [-0.2, -0.15) is 26.3 Å². The van der Waals surface area contributed by atoms with Gasteiger partial charge in [-0.1, -0.05) is 181 Å². The van der Waals surface area contributed by atoms with Crippen molar-refractivity contribution in [1.82, 2.24) is 161 Å². The van der Waals surface area contributed by atoms with Crippen molar-refractivity contribution in [2.24, 2.45) is 10.8 Å². The fourth-order valence-electron chi connectivity index (χ4n) is 19.1. The molecular formula is C102H114F6N32OPt4. The summed E-state index contributed by atoms with van der Waals surface area (Å²) in [6, 6.07) is 20.4. The number of ether oxygens (including phenoxy) is 1. The molecule has 22 rings (SSSR count). The average Bonchev–Trinajstić information content (AvgIpc) is 1.52. The number of nitrogens with zero attached hydrogens (tertiary/aromatic N) is 32. The van der Waals surface area contributed by atoms with Crippen molar-refractivity contribution in [3.05, 3.63) is 231 Å². The zero-order chi connectivity index (χ0) is 101. The Morgan fingerprint density at radius 2 is 0.572 bits per heavy atom. The number of methoxy groups -OCH3 is 1. The summed E-state index contributed by atoms with van der Waals surface area (Å²) in [6.45, 7) is 48.7. The number of halogens is 6. The minimum absolute atomic E-state index is 0. The Bertz CT molecular complexity index is 7010. The molecule has 770 valence electrons. The molecule has 2 saturated carbocycles. The van der Waals surface area contributed by atoms with E-state index in [9.17, 15) is 26.3 Å².